The van der Waals surface area contributed by atoms with Crippen LogP contribution in [0.2, 0.25) is 0 Å². The van der Waals surface area contributed by atoms with Gasteiger partial charge in [0.1, 0.15) is 0 Å². The number of rotatable bonds is 4. The van der Waals surface area contributed by atoms with Crippen LogP contribution in [0.25, 0.3) is 0 Å². The van der Waals surface area contributed by atoms with Crippen molar-refractivity contribution in [1.29, 1.82) is 0 Å². The molecule has 0 saturated heterocycles. The third-order valence-corrected chi connectivity index (χ3v) is 4.47. The lowest BCUT2D eigenvalue weighted by Gasteiger charge is -2.24. The molecule has 0 spiro atoms. The Balaban J connectivity index is 5.20. The number of hydrogen-bond acceptors (Lipinski definition) is 5. The van der Waals surface area contributed by atoms with Crippen LogP contribution in [0, 0.1) is 0 Å². The summed E-state index contributed by atoms with van der Waals surface area (Å²) in [5, 5.41) is 0. The third kappa shape index (κ3) is 3.52. The van der Waals surface area contributed by atoms with Crippen LogP contribution < -0.4 is 0 Å². The van der Waals surface area contributed by atoms with Crippen molar-refractivity contribution in [3.63, 3.8) is 0 Å². The average Bonchev–Trinajstić information content (AvgIpc) is 2.11. The number of nitrogens with zero attached hydrogens (tertiary/aromatic N) is 1. The van der Waals surface area contributed by atoms with Gasteiger partial charge in [-0.1, -0.05) is 34.8 Å². The summed E-state index contributed by atoms with van der Waals surface area (Å²) in [6.07, 6.45) is 1.14. The van der Waals surface area contributed by atoms with E-state index in [4.69, 9.17) is 34.8 Å². The van der Waals surface area contributed by atoms with E-state index in [1.54, 1.807) is 0 Å². The summed E-state index contributed by atoms with van der Waals surface area (Å²) in [7, 11) is -1.57. The summed E-state index contributed by atoms with van der Waals surface area (Å²) in [5.41, 5.74) is 0. The minimum absolute atomic E-state index is 1.09. The zero-order valence-corrected chi connectivity index (χ0v) is 10.4. The monoisotopic (exact) mass is 281 g/mol. The molecule has 0 heterocycles. The Morgan fingerprint density at radius 1 is 1.36 bits per heavy atom. The zero-order valence-electron chi connectivity index (χ0n) is 7.24. The first kappa shape index (κ1) is 14.4. The second kappa shape index (κ2) is 5.47. The van der Waals surface area contributed by atoms with Crippen LogP contribution in [0.15, 0.2) is 4.99 Å². The van der Waals surface area contributed by atoms with Crippen LogP contribution in [0.1, 0.15) is 0 Å². The molecule has 1 atom stereocenters. The van der Waals surface area contributed by atoms with Crippen molar-refractivity contribution < 1.29 is 18.4 Å². The molecule has 1 unspecified atom stereocenters. The lowest BCUT2D eigenvalue weighted by Crippen LogP contribution is -2.24. The van der Waals surface area contributed by atoms with E-state index in [1.807, 2.05) is 0 Å². The molecule has 0 aromatic heterocycles. The van der Waals surface area contributed by atoms with Gasteiger partial charge in [-0.15, -0.1) is 0 Å². The highest BCUT2D eigenvalue weighted by Crippen LogP contribution is 2.59. The fourth-order valence-electron chi connectivity index (χ4n) is 0.647. The second-order valence-electron chi connectivity index (χ2n) is 2.04. The van der Waals surface area contributed by atoms with Crippen molar-refractivity contribution in [2.45, 2.75) is 9.58 Å². The first-order valence-corrected chi connectivity index (χ1v) is 5.91. The lowest BCUT2D eigenvalue weighted by molar-refractivity contribution is 0.266. The predicted molar refractivity (Wildman–Crippen MR) is 53.8 cm³/mol. The standard InChI is InChI=1S/C5H7Cl3NO4P/c1-12-14(11,13-2)4(9-3-10)5(6,7)8/h4H,1-2H3. The SMILES string of the molecule is COP(=O)(OC)C(N=C=O)C(Cl)(Cl)Cl. The summed E-state index contributed by atoms with van der Waals surface area (Å²) >= 11 is 16.3. The molecule has 0 aromatic rings. The molecule has 0 aromatic carbocycles. The summed E-state index contributed by atoms with van der Waals surface area (Å²) in [6, 6.07) is 0. The number of aliphatic imine (C=N–C) groups is 1. The first-order chi connectivity index (χ1) is 6.31. The van der Waals surface area contributed by atoms with E-state index in [1.165, 1.54) is 0 Å². The van der Waals surface area contributed by atoms with Gasteiger partial charge < -0.3 is 9.05 Å². The van der Waals surface area contributed by atoms with Crippen LogP contribution in [-0.4, -0.2) is 29.9 Å². The molecule has 0 radical (unpaired) electrons. The van der Waals surface area contributed by atoms with Crippen LogP contribution in [0.3, 0.4) is 0 Å². The van der Waals surface area contributed by atoms with Gasteiger partial charge in [0.05, 0.1) is 0 Å². The summed E-state index contributed by atoms with van der Waals surface area (Å²) in [5.74, 6) is -1.53. The largest absolute Gasteiger partial charge is 0.359 e. The van der Waals surface area contributed by atoms with Crippen LogP contribution in [0.5, 0.6) is 0 Å². The van der Waals surface area contributed by atoms with Gasteiger partial charge in [-0.05, 0) is 0 Å². The van der Waals surface area contributed by atoms with E-state index >= 15 is 0 Å². The molecule has 14 heavy (non-hydrogen) atoms. The Morgan fingerprint density at radius 3 is 2.00 bits per heavy atom. The number of alkyl halides is 3. The maximum Gasteiger partial charge on any atom is 0.359 e. The van der Waals surface area contributed by atoms with Gasteiger partial charge in [-0.25, -0.2) is 4.79 Å². The minimum Gasteiger partial charge on any atom is -0.310 e. The van der Waals surface area contributed by atoms with Crippen molar-refractivity contribution in [1.82, 2.24) is 0 Å². The molecule has 0 rings (SSSR count). The first-order valence-electron chi connectivity index (χ1n) is 3.16. The van der Waals surface area contributed by atoms with Gasteiger partial charge in [-0.2, -0.15) is 4.99 Å². The molecule has 0 fully saturated rings. The Hall–Kier alpha value is 0.400. The summed E-state index contributed by atoms with van der Waals surface area (Å²) in [4.78, 5) is 13.1. The number of carbonyl (C=O) groups excluding carboxylic acids is 1. The van der Waals surface area contributed by atoms with Crippen molar-refractivity contribution in [2.75, 3.05) is 14.2 Å². The normalized spacial score (nSPS) is 14.6. The van der Waals surface area contributed by atoms with Crippen molar-refractivity contribution >= 4 is 48.5 Å². The molecule has 0 aliphatic heterocycles. The second-order valence-corrected chi connectivity index (χ2v) is 6.71. The fraction of sp³-hybridized carbons (Fsp3) is 0.800. The van der Waals surface area contributed by atoms with Crippen LogP contribution in [0.4, 0.5) is 0 Å². The van der Waals surface area contributed by atoms with E-state index in [0.29, 0.717) is 0 Å². The van der Waals surface area contributed by atoms with E-state index in [9.17, 15) is 9.36 Å². The highest BCUT2D eigenvalue weighted by molar-refractivity contribution is 7.55. The highest BCUT2D eigenvalue weighted by Gasteiger charge is 2.48. The predicted octanol–water partition coefficient (Wildman–Crippen LogP) is 2.50. The highest BCUT2D eigenvalue weighted by atomic mass is 35.6. The maximum atomic E-state index is 11.7. The fourth-order valence-corrected chi connectivity index (χ4v) is 2.97. The van der Waals surface area contributed by atoms with Crippen molar-refractivity contribution in [2.24, 2.45) is 4.99 Å². The molecule has 0 aliphatic rings. The quantitative estimate of drug-likeness (QED) is 0.344. The molecule has 0 bridgehead atoms. The third-order valence-electron chi connectivity index (χ3n) is 1.28. The van der Waals surface area contributed by atoms with Gasteiger partial charge >= 0.3 is 7.60 Å². The lowest BCUT2D eigenvalue weighted by atomic mass is 10.7. The number of halogens is 3. The molecule has 9 heteroatoms. The summed E-state index contributed by atoms with van der Waals surface area (Å²) < 4.78 is 18.7. The Bertz CT molecular complexity index is 277. The maximum absolute atomic E-state index is 11.7. The zero-order chi connectivity index (χ0) is 11.4. The molecule has 5 nitrogen and oxygen atoms in total. The van der Waals surface area contributed by atoms with E-state index in [0.717, 1.165) is 20.3 Å². The average molecular weight is 282 g/mol. The van der Waals surface area contributed by atoms with Crippen molar-refractivity contribution in [3.8, 4) is 0 Å². The van der Waals surface area contributed by atoms with Gasteiger partial charge in [-0.3, -0.25) is 4.57 Å². The molecular weight excluding hydrogens is 275 g/mol. The molecule has 0 aliphatic carbocycles. The molecule has 0 amide bonds. The number of hydrogen-bond donors (Lipinski definition) is 0. The van der Waals surface area contributed by atoms with Crippen LogP contribution in [-0.2, 0) is 18.4 Å². The summed E-state index contributed by atoms with van der Waals surface area (Å²) in [6.45, 7) is 0. The molecule has 0 saturated carbocycles. The van der Waals surface area contributed by atoms with E-state index in [2.05, 4.69) is 14.0 Å². The van der Waals surface area contributed by atoms with E-state index < -0.39 is 17.2 Å². The Kier molecular flexibility index (Phi) is 5.63. The van der Waals surface area contributed by atoms with Crippen LogP contribution >= 0.6 is 42.4 Å². The molecule has 0 N–H and O–H groups in total. The van der Waals surface area contributed by atoms with Crippen molar-refractivity contribution in [3.05, 3.63) is 0 Å². The topological polar surface area (TPSA) is 65.0 Å². The smallest absolute Gasteiger partial charge is 0.310 e. The molecule has 82 valence electrons. The van der Waals surface area contributed by atoms with E-state index in [-0.39, 0.29) is 0 Å². The van der Waals surface area contributed by atoms with Gasteiger partial charge in [0, 0.05) is 14.2 Å². The van der Waals surface area contributed by atoms with Gasteiger partial charge in [0.2, 0.25) is 15.7 Å². The Labute approximate surface area is 95.9 Å². The van der Waals surface area contributed by atoms with Gasteiger partial charge in [0.15, 0.2) is 0 Å². The van der Waals surface area contributed by atoms with Gasteiger partial charge in [0.25, 0.3) is 0 Å². The Morgan fingerprint density at radius 2 is 1.79 bits per heavy atom. The minimum atomic E-state index is -3.75. The molecular formula is C5H7Cl3NO4P. The number of isocyanates is 1.